The number of Topliss-reactive ketones (excluding diaryl/α,β-unsaturated/α-hetero) is 3. The largest absolute Gasteiger partial charge is 0.480 e. The van der Waals surface area contributed by atoms with Crippen LogP contribution in [0.5, 0.6) is 0 Å². The molecule has 2 atom stereocenters. The van der Waals surface area contributed by atoms with Gasteiger partial charge in [-0.1, -0.05) is 11.6 Å². The van der Waals surface area contributed by atoms with Gasteiger partial charge < -0.3 is 20.5 Å². The van der Waals surface area contributed by atoms with Gasteiger partial charge >= 0.3 is 23.8 Å². The summed E-state index contributed by atoms with van der Waals surface area (Å²) >= 11 is 5.94. The summed E-state index contributed by atoms with van der Waals surface area (Å²) in [6.07, 6.45) is -3.94. The number of ether oxygens (including phenoxy) is 1. The van der Waals surface area contributed by atoms with Crippen LogP contribution in [0.4, 0.5) is 18.9 Å². The molecule has 1 aromatic heterocycles. The lowest BCUT2D eigenvalue weighted by Gasteiger charge is -2.18. The van der Waals surface area contributed by atoms with Gasteiger partial charge in [-0.2, -0.15) is 13.2 Å². The number of aromatic nitrogens is 2. The standard InChI is InChI=1S/C16H14ClF3N2O4.C14H13NO7S.C5H12NO4P/c1-8(2)26-14(24)10-6-9(4-5-11(10)17)22-13(23)7-12(16(18,19)20)21(3)15(22)25;1-23(21,22)8-5-6-9(10(7-8)15(19)20)14(18)13-11(16)3-2-4-12(13)17;1-11(9,10)3-2-4(6)5(7)8/h4-8H,1-3H3;5-7,13H,2-4H2,1H3;4H,2-3,6H2,1H3,(H,7,8)(H,9,10). The predicted molar refractivity (Wildman–Crippen MR) is 207 cm³/mol. The van der Waals surface area contributed by atoms with Gasteiger partial charge in [0.2, 0.25) is 0 Å². The van der Waals surface area contributed by atoms with Gasteiger partial charge in [0.25, 0.3) is 11.2 Å². The number of rotatable bonds is 11. The Hall–Kier alpha value is -5.35. The van der Waals surface area contributed by atoms with Crippen molar-refractivity contribution in [2.24, 2.45) is 18.7 Å². The first-order chi connectivity index (χ1) is 27.4. The number of ketones is 3. The van der Waals surface area contributed by atoms with Crippen molar-refractivity contribution in [1.82, 2.24) is 9.13 Å². The van der Waals surface area contributed by atoms with E-state index >= 15 is 0 Å². The summed E-state index contributed by atoms with van der Waals surface area (Å²) in [6, 6.07) is 5.67. The minimum absolute atomic E-state index is 0.0104. The number of halogens is 4. The van der Waals surface area contributed by atoms with E-state index in [0.717, 1.165) is 37.6 Å². The number of carboxylic acid groups (broad SMARTS) is 1. The molecule has 0 saturated heterocycles. The molecule has 1 aliphatic carbocycles. The summed E-state index contributed by atoms with van der Waals surface area (Å²) in [5, 5.41) is 19.4. The van der Waals surface area contributed by atoms with Crippen molar-refractivity contribution in [1.29, 1.82) is 0 Å². The molecule has 1 saturated carbocycles. The van der Waals surface area contributed by atoms with E-state index in [1.807, 2.05) is 0 Å². The number of carbonyl (C=O) groups excluding carboxylic acids is 4. The van der Waals surface area contributed by atoms with Crippen molar-refractivity contribution in [2.75, 3.05) is 19.1 Å². The Bertz CT molecular complexity index is 2460. The van der Waals surface area contributed by atoms with Crippen LogP contribution in [0.25, 0.3) is 5.69 Å². The lowest BCUT2D eigenvalue weighted by molar-refractivity contribution is -0.385. The summed E-state index contributed by atoms with van der Waals surface area (Å²) in [7, 11) is -5.91. The van der Waals surface area contributed by atoms with Crippen LogP contribution >= 0.6 is 19.0 Å². The van der Waals surface area contributed by atoms with Crippen molar-refractivity contribution in [3.05, 3.63) is 95.3 Å². The van der Waals surface area contributed by atoms with Crippen LogP contribution in [0.15, 0.2) is 56.9 Å². The molecule has 1 fully saturated rings. The normalized spacial score (nSPS) is 14.8. The van der Waals surface area contributed by atoms with Gasteiger partial charge in [-0.25, -0.2) is 22.6 Å². The Morgan fingerprint density at radius 2 is 1.62 bits per heavy atom. The lowest BCUT2D eigenvalue weighted by atomic mass is 9.81. The van der Waals surface area contributed by atoms with E-state index in [1.54, 1.807) is 13.8 Å². The number of aliphatic carboxylic acids is 1. The summed E-state index contributed by atoms with van der Waals surface area (Å²) in [4.78, 5) is 101. The number of hydrogen-bond acceptors (Lipinski definition) is 14. The van der Waals surface area contributed by atoms with Crippen molar-refractivity contribution in [3.8, 4) is 5.69 Å². The molecule has 2 aromatic carbocycles. The fourth-order valence-corrected chi connectivity index (χ4v) is 6.77. The van der Waals surface area contributed by atoms with Crippen LogP contribution in [0.3, 0.4) is 0 Å². The fraction of sp³-hybridized carbons (Fsp3) is 0.400. The highest BCUT2D eigenvalue weighted by Gasteiger charge is 2.39. The van der Waals surface area contributed by atoms with Gasteiger partial charge in [-0.05, 0) is 57.0 Å². The van der Waals surface area contributed by atoms with E-state index < -0.39 is 104 Å². The van der Waals surface area contributed by atoms with Gasteiger partial charge in [0.1, 0.15) is 17.7 Å². The molecular weight excluding hydrogens is 872 g/mol. The predicted octanol–water partition coefficient (Wildman–Crippen LogP) is 3.58. The maximum absolute atomic E-state index is 12.9. The fourth-order valence-electron chi connectivity index (χ4n) is 5.18. The van der Waals surface area contributed by atoms with Gasteiger partial charge in [-0.3, -0.25) is 43.2 Å². The van der Waals surface area contributed by atoms with Crippen molar-refractivity contribution in [2.45, 2.75) is 62.7 Å². The van der Waals surface area contributed by atoms with Crippen LogP contribution in [0, 0.1) is 16.0 Å². The average molecular weight is 911 g/mol. The van der Waals surface area contributed by atoms with Crippen LogP contribution in [0.1, 0.15) is 65.9 Å². The molecule has 1 aliphatic rings. The number of alkyl halides is 3. The number of hydrogen-bond donors (Lipinski definition) is 3. The molecule has 0 radical (unpaired) electrons. The molecule has 4 N–H and O–H groups in total. The van der Waals surface area contributed by atoms with Crippen LogP contribution in [-0.4, -0.2) is 93.0 Å². The molecule has 3 aromatic rings. The number of nitrogens with zero attached hydrogens (tertiary/aromatic N) is 3. The maximum atomic E-state index is 12.9. The van der Waals surface area contributed by atoms with E-state index in [1.165, 1.54) is 18.8 Å². The Morgan fingerprint density at radius 1 is 1.05 bits per heavy atom. The van der Waals surface area contributed by atoms with Crippen LogP contribution in [-0.2, 0) is 46.7 Å². The Balaban J connectivity index is 0.000000335. The first-order valence-corrected chi connectivity index (χ1v) is 21.7. The number of sulfone groups is 1. The van der Waals surface area contributed by atoms with Gasteiger partial charge in [0.15, 0.2) is 34.6 Å². The molecule has 19 nitrogen and oxygen atoms in total. The van der Waals surface area contributed by atoms with E-state index in [4.69, 9.17) is 32.1 Å². The second-order valence-electron chi connectivity index (χ2n) is 13.5. The highest BCUT2D eigenvalue weighted by Crippen LogP contribution is 2.36. The molecule has 60 heavy (non-hydrogen) atoms. The molecule has 0 aliphatic heterocycles. The summed E-state index contributed by atoms with van der Waals surface area (Å²) in [5.74, 6) is -5.54. The SMILES string of the molecule is CC(C)OC(=O)c1cc(-n2c(=O)cc(C(F)(F)F)n(C)c2=O)ccc1Cl.CP(=O)(O)CCC(N)C(=O)O.CS(=O)(=O)c1ccc(C(=O)C2C(=O)CCCC2=O)c([N+](=O)[O-])c1. The number of nitro groups is 1. The highest BCUT2D eigenvalue weighted by molar-refractivity contribution is 7.90. The molecular formula is C35H39ClF3N4O15PS. The zero-order chi connectivity index (χ0) is 46.2. The van der Waals surface area contributed by atoms with Gasteiger partial charge in [0, 0.05) is 51.1 Å². The third-order valence-corrected chi connectivity index (χ3v) is 10.7. The zero-order valence-electron chi connectivity index (χ0n) is 32.3. The van der Waals surface area contributed by atoms with Crippen molar-refractivity contribution >= 4 is 63.8 Å². The minimum atomic E-state index is -4.86. The second-order valence-corrected chi connectivity index (χ2v) is 18.4. The Morgan fingerprint density at radius 3 is 2.08 bits per heavy atom. The number of carbonyl (C=O) groups is 5. The Kier molecular flexibility index (Phi) is 17.2. The molecule has 2 unspecified atom stereocenters. The molecule has 0 bridgehead atoms. The Labute approximate surface area is 343 Å². The minimum Gasteiger partial charge on any atom is -0.480 e. The second kappa shape index (κ2) is 20.3. The van der Waals surface area contributed by atoms with Crippen LogP contribution < -0.4 is 17.0 Å². The van der Waals surface area contributed by atoms with E-state index in [9.17, 15) is 69.8 Å². The lowest BCUT2D eigenvalue weighted by Crippen LogP contribution is -2.40. The maximum Gasteiger partial charge on any atom is 0.431 e. The van der Waals surface area contributed by atoms with Crippen LogP contribution in [0.2, 0.25) is 5.02 Å². The van der Waals surface area contributed by atoms with Gasteiger partial charge in [0.05, 0.1) is 37.8 Å². The zero-order valence-corrected chi connectivity index (χ0v) is 34.8. The molecule has 4 rings (SSSR count). The molecule has 328 valence electrons. The van der Waals surface area contributed by atoms with E-state index in [2.05, 4.69) is 0 Å². The first kappa shape index (κ1) is 50.8. The quantitative estimate of drug-likeness (QED) is 0.0618. The average Bonchev–Trinajstić information content (AvgIpc) is 3.11. The smallest absolute Gasteiger partial charge is 0.431 e. The monoisotopic (exact) mass is 910 g/mol. The van der Waals surface area contributed by atoms with Crippen molar-refractivity contribution < 1.29 is 69.8 Å². The van der Waals surface area contributed by atoms with Crippen molar-refractivity contribution in [3.63, 3.8) is 0 Å². The summed E-state index contributed by atoms with van der Waals surface area (Å²) < 4.78 is 78.1. The first-order valence-electron chi connectivity index (χ1n) is 17.2. The number of nitro benzene ring substituents is 1. The number of benzene rings is 2. The molecule has 1 heterocycles. The molecule has 0 spiro atoms. The van der Waals surface area contributed by atoms with E-state index in [0.29, 0.717) is 21.6 Å². The molecule has 0 amide bonds. The number of esters is 1. The van der Waals surface area contributed by atoms with E-state index in [-0.39, 0.29) is 46.6 Å². The summed E-state index contributed by atoms with van der Waals surface area (Å²) in [5.41, 5.74) is -0.0797. The number of nitrogens with two attached hydrogens (primary N) is 1. The van der Waals surface area contributed by atoms with Gasteiger partial charge in [-0.15, -0.1) is 0 Å². The highest BCUT2D eigenvalue weighted by atomic mass is 35.5. The third-order valence-electron chi connectivity index (χ3n) is 8.17. The third kappa shape index (κ3) is 13.9. The molecule has 25 heteroatoms. The summed E-state index contributed by atoms with van der Waals surface area (Å²) in [6.45, 7) is 4.42. The topological polar surface area (TPSA) is 299 Å². The number of carboxylic acids is 1.